The molecule has 2 aliphatic carbocycles. The molecule has 4 amide bonds. The van der Waals surface area contributed by atoms with Gasteiger partial charge in [0, 0.05) is 30.9 Å². The molecule has 4 heterocycles. The average Bonchev–Trinajstić information content (AvgIpc) is 4.08. The number of rotatable bonds is 8. The molecule has 4 aromatic rings. The summed E-state index contributed by atoms with van der Waals surface area (Å²) in [6.07, 6.45) is 7.65. The van der Waals surface area contributed by atoms with Crippen LogP contribution in [0, 0.1) is 12.8 Å². The molecule has 57 heavy (non-hydrogen) atoms. The van der Waals surface area contributed by atoms with Gasteiger partial charge in [-0.2, -0.15) is 0 Å². The van der Waals surface area contributed by atoms with Gasteiger partial charge in [0.1, 0.15) is 40.6 Å². The van der Waals surface area contributed by atoms with Crippen LogP contribution in [0.3, 0.4) is 0 Å². The van der Waals surface area contributed by atoms with Crippen LogP contribution in [0.4, 0.5) is 0 Å². The maximum atomic E-state index is 14.5. The number of hydrogen-bond donors (Lipinski definition) is 3. The molecule has 0 radical (unpaired) electrons. The molecule has 4 aliphatic rings. The van der Waals surface area contributed by atoms with Crippen LogP contribution in [-0.4, -0.2) is 84.6 Å². The Morgan fingerprint density at radius 3 is 2.56 bits per heavy atom. The van der Waals surface area contributed by atoms with E-state index in [2.05, 4.69) is 15.4 Å². The number of ether oxygens (including phenoxy) is 2. The number of nitrogens with zero attached hydrogens (tertiary/aromatic N) is 2. The Morgan fingerprint density at radius 1 is 1.04 bits per heavy atom. The van der Waals surface area contributed by atoms with Crippen molar-refractivity contribution in [3.8, 4) is 22.8 Å². The van der Waals surface area contributed by atoms with E-state index in [4.69, 9.17) is 18.9 Å². The highest BCUT2D eigenvalue weighted by molar-refractivity contribution is 7.91. The number of nitrogens with one attached hydrogen (secondary N) is 3. The molecule has 8 rings (SSSR count). The molecule has 0 bridgehead atoms. The molecule has 3 fully saturated rings. The molecule has 3 N–H and O–H groups in total. The molecule has 5 atom stereocenters. The highest BCUT2D eigenvalue weighted by Gasteiger charge is 2.62. The Hall–Kier alpha value is -5.44. The van der Waals surface area contributed by atoms with Gasteiger partial charge < -0.3 is 29.4 Å². The smallest absolute Gasteiger partial charge is 0.259 e. The number of fused-ring (bicyclic) bond motifs is 5. The summed E-state index contributed by atoms with van der Waals surface area (Å²) in [5, 5.41) is 5.79. The van der Waals surface area contributed by atoms with E-state index in [1.54, 1.807) is 25.3 Å². The van der Waals surface area contributed by atoms with Gasteiger partial charge in [-0.15, -0.1) is 0 Å². The van der Waals surface area contributed by atoms with Crippen LogP contribution < -0.4 is 24.8 Å². The maximum Gasteiger partial charge on any atom is 0.259 e. The molecule has 2 aromatic carbocycles. The largest absolute Gasteiger partial charge is 0.497 e. The molecular formula is C42H47N5O9S. The van der Waals surface area contributed by atoms with Gasteiger partial charge in [0.25, 0.3) is 5.91 Å². The third-order valence-corrected chi connectivity index (χ3v) is 13.3. The van der Waals surface area contributed by atoms with Gasteiger partial charge in [-0.3, -0.25) is 23.9 Å². The zero-order chi connectivity index (χ0) is 40.1. The van der Waals surface area contributed by atoms with E-state index in [0.29, 0.717) is 66.0 Å². The number of sulfonamides is 1. The van der Waals surface area contributed by atoms with Crippen LogP contribution in [0.2, 0.25) is 0 Å². The summed E-state index contributed by atoms with van der Waals surface area (Å²) in [4.78, 5) is 61.5. The highest BCUT2D eigenvalue weighted by Crippen LogP contribution is 2.46. The van der Waals surface area contributed by atoms with Crippen LogP contribution in [0.15, 0.2) is 65.1 Å². The Morgan fingerprint density at radius 2 is 1.82 bits per heavy atom. The number of hydrogen-bond acceptors (Lipinski definition) is 10. The maximum absolute atomic E-state index is 14.5. The quantitative estimate of drug-likeness (QED) is 0.209. The number of methoxy groups -OCH3 is 1. The molecular weight excluding hydrogens is 751 g/mol. The van der Waals surface area contributed by atoms with Gasteiger partial charge in [0.15, 0.2) is 11.3 Å². The summed E-state index contributed by atoms with van der Waals surface area (Å²) < 4.78 is 46.6. The number of benzene rings is 2. The second-order valence-corrected chi connectivity index (χ2v) is 17.7. The van der Waals surface area contributed by atoms with Crippen LogP contribution >= 0.6 is 0 Å². The molecule has 0 unspecified atom stereocenters. The van der Waals surface area contributed by atoms with Crippen molar-refractivity contribution in [1.29, 1.82) is 0 Å². The van der Waals surface area contributed by atoms with Crippen molar-refractivity contribution in [2.75, 3.05) is 13.7 Å². The lowest BCUT2D eigenvalue weighted by Gasteiger charge is -2.29. The van der Waals surface area contributed by atoms with Crippen molar-refractivity contribution < 1.29 is 41.5 Å². The average molecular weight is 798 g/mol. The van der Waals surface area contributed by atoms with E-state index < -0.39 is 62.6 Å². The predicted molar refractivity (Wildman–Crippen MR) is 212 cm³/mol. The first-order valence-electron chi connectivity index (χ1n) is 19.6. The number of pyridine rings is 1. The normalized spacial score (nSPS) is 26.1. The van der Waals surface area contributed by atoms with E-state index >= 15 is 0 Å². The predicted octanol–water partition coefficient (Wildman–Crippen LogP) is 4.82. The fourth-order valence-electron chi connectivity index (χ4n) is 8.04. The third kappa shape index (κ3) is 7.81. The first kappa shape index (κ1) is 38.4. The number of amides is 4. The van der Waals surface area contributed by atoms with Gasteiger partial charge in [-0.25, -0.2) is 13.4 Å². The minimum absolute atomic E-state index is 0.0106. The van der Waals surface area contributed by atoms with Crippen LogP contribution in [0.25, 0.3) is 33.3 Å². The summed E-state index contributed by atoms with van der Waals surface area (Å²) in [5.41, 5.74) is 2.54. The SMILES string of the molecule is COc1ccc2oc3c(O[C@@H]4C[C@H]5C(=O)N[C@]6(C(=O)NS(=O)(=O)C7CC7)C[C@H]6/C=C\CCCCC[C@H](NC(C)=O)C(=O)N5C4)cc(-c4ccc(C)cc4)nc3c2c1. The zero-order valence-electron chi connectivity index (χ0n) is 32.2. The van der Waals surface area contributed by atoms with Gasteiger partial charge in [0.05, 0.1) is 30.0 Å². The zero-order valence-corrected chi connectivity index (χ0v) is 33.0. The molecule has 15 heteroatoms. The lowest BCUT2D eigenvalue weighted by Crippen LogP contribution is -2.58. The fourth-order valence-corrected chi connectivity index (χ4v) is 9.41. The number of aromatic nitrogens is 1. The molecule has 14 nitrogen and oxygen atoms in total. The van der Waals surface area contributed by atoms with Crippen LogP contribution in [-0.2, 0) is 29.2 Å². The molecule has 2 aromatic heterocycles. The summed E-state index contributed by atoms with van der Waals surface area (Å²) in [7, 11) is -2.32. The number of carbonyl (C=O) groups is 4. The first-order chi connectivity index (χ1) is 27.3. The summed E-state index contributed by atoms with van der Waals surface area (Å²) in [5.74, 6) is -1.66. The van der Waals surface area contributed by atoms with Crippen molar-refractivity contribution in [2.24, 2.45) is 5.92 Å². The monoisotopic (exact) mass is 797 g/mol. The Kier molecular flexibility index (Phi) is 10.2. The van der Waals surface area contributed by atoms with Crippen LogP contribution in [0.1, 0.15) is 70.3 Å². The minimum Gasteiger partial charge on any atom is -0.497 e. The summed E-state index contributed by atoms with van der Waals surface area (Å²) >= 11 is 0. The van der Waals surface area contributed by atoms with E-state index in [0.717, 1.165) is 29.4 Å². The first-order valence-corrected chi connectivity index (χ1v) is 21.2. The standard InChI is InChI=1S/C42H47N5O9S/c1-24-11-13-26(14-12-24)33-21-36(38-37(44-33)31-19-28(54-3)15-18-35(31)56-38)55-29-20-34-39(49)45-42(41(51)46-57(52,53)30-16-17-30)22-27(42)9-7-5-4-6-8-10-32(43-25(2)48)40(50)47(34)23-29/h7,9,11-15,18-19,21,27,29-30,32,34H,4-6,8,10,16-17,20,22-23H2,1-3H3,(H,43,48)(H,45,49)(H,46,51)/b9-7-/t27-,29-,32+,34+,42-/m1/s1. The van der Waals surface area contributed by atoms with E-state index in [9.17, 15) is 27.6 Å². The Bertz CT molecular complexity index is 2390. The lowest BCUT2D eigenvalue weighted by molar-refractivity contribution is -0.142. The molecule has 300 valence electrons. The number of aryl methyl sites for hydroxylation is 1. The summed E-state index contributed by atoms with van der Waals surface area (Å²) in [6, 6.07) is 13.1. The number of allylic oxidation sites excluding steroid dienone is 1. The van der Waals surface area contributed by atoms with Crippen molar-refractivity contribution in [3.63, 3.8) is 0 Å². The van der Waals surface area contributed by atoms with Crippen molar-refractivity contribution in [2.45, 2.75) is 101 Å². The lowest BCUT2D eigenvalue weighted by atomic mass is 10.0. The molecule has 2 aliphatic heterocycles. The number of carbonyl (C=O) groups excluding carboxylic acids is 4. The molecule has 0 spiro atoms. The second kappa shape index (κ2) is 15.1. The highest BCUT2D eigenvalue weighted by atomic mass is 32.2. The third-order valence-electron chi connectivity index (χ3n) is 11.5. The fraction of sp³-hybridized carbons (Fsp3) is 0.452. The summed E-state index contributed by atoms with van der Waals surface area (Å²) in [6.45, 7) is 3.34. The second-order valence-electron chi connectivity index (χ2n) is 15.8. The van der Waals surface area contributed by atoms with E-state index in [1.165, 1.54) is 11.8 Å². The number of furan rings is 1. The topological polar surface area (TPSA) is 186 Å². The van der Waals surface area contributed by atoms with Crippen molar-refractivity contribution in [3.05, 3.63) is 66.2 Å². The van der Waals surface area contributed by atoms with Crippen LogP contribution in [0.5, 0.6) is 11.5 Å². The van der Waals surface area contributed by atoms with E-state index in [-0.39, 0.29) is 25.3 Å². The van der Waals surface area contributed by atoms with Gasteiger partial charge in [-0.1, -0.05) is 54.8 Å². The molecule has 2 saturated carbocycles. The molecule has 1 saturated heterocycles. The van der Waals surface area contributed by atoms with E-state index in [1.807, 2.05) is 49.4 Å². The van der Waals surface area contributed by atoms with Gasteiger partial charge in [0.2, 0.25) is 27.7 Å². The Labute approximate surface area is 330 Å². The van der Waals surface area contributed by atoms with Gasteiger partial charge in [-0.05, 0) is 63.6 Å². The minimum atomic E-state index is -3.90. The van der Waals surface area contributed by atoms with Gasteiger partial charge >= 0.3 is 0 Å². The van der Waals surface area contributed by atoms with Crippen molar-refractivity contribution >= 4 is 55.7 Å². The Balaban J connectivity index is 1.15. The van der Waals surface area contributed by atoms with Crippen molar-refractivity contribution in [1.82, 2.24) is 25.2 Å².